The molecule has 1 aromatic carbocycles. The Morgan fingerprint density at radius 2 is 1.79 bits per heavy atom. The van der Waals surface area contributed by atoms with Crippen molar-refractivity contribution in [2.75, 3.05) is 27.9 Å². The number of amides is 1. The Balaban J connectivity index is 1.99. The molecule has 0 aromatic heterocycles. The van der Waals surface area contributed by atoms with Crippen molar-refractivity contribution < 1.29 is 19.0 Å². The number of hydrogen-bond donors (Lipinski definition) is 0. The van der Waals surface area contributed by atoms with E-state index >= 15 is 0 Å². The van der Waals surface area contributed by atoms with Gasteiger partial charge in [-0.15, -0.1) is 0 Å². The van der Waals surface area contributed by atoms with Crippen molar-refractivity contribution in [3.63, 3.8) is 0 Å². The van der Waals surface area contributed by atoms with Gasteiger partial charge in [-0.3, -0.25) is 4.79 Å². The van der Waals surface area contributed by atoms with Gasteiger partial charge in [-0.1, -0.05) is 6.08 Å². The number of carbonyl (C=O) groups is 1. The molecular weight excluding hydrogens is 306 g/mol. The van der Waals surface area contributed by atoms with E-state index in [9.17, 15) is 4.79 Å². The number of hydrogen-bond acceptors (Lipinski definition) is 4. The summed E-state index contributed by atoms with van der Waals surface area (Å²) in [4.78, 5) is 14.4. The highest BCUT2D eigenvalue weighted by Gasteiger charge is 2.51. The molecule has 0 bridgehead atoms. The van der Waals surface area contributed by atoms with E-state index in [1.54, 1.807) is 27.4 Å². The maximum absolute atomic E-state index is 12.5. The lowest BCUT2D eigenvalue weighted by Gasteiger charge is -2.44. The predicted octanol–water partition coefficient (Wildman–Crippen LogP) is 2.32. The Hall–Kier alpha value is -2.69. The molecule has 0 N–H and O–H groups in total. The maximum atomic E-state index is 12.5. The largest absolute Gasteiger partial charge is 0.497 e. The number of fused-ring (bicyclic) bond motifs is 1. The minimum absolute atomic E-state index is 0.0312. The summed E-state index contributed by atoms with van der Waals surface area (Å²) in [6.07, 6.45) is 8.37. The fourth-order valence-electron chi connectivity index (χ4n) is 3.92. The molecule has 0 saturated carbocycles. The molecule has 1 aliphatic carbocycles. The molecule has 0 radical (unpaired) electrons. The van der Waals surface area contributed by atoms with Crippen LogP contribution in [0, 0.1) is 0 Å². The van der Waals surface area contributed by atoms with E-state index in [4.69, 9.17) is 14.2 Å². The third-order valence-electron chi connectivity index (χ3n) is 5.05. The highest BCUT2D eigenvalue weighted by molar-refractivity contribution is 5.95. The van der Waals surface area contributed by atoms with E-state index in [1.165, 1.54) is 0 Å². The molecule has 1 spiro atoms. The van der Waals surface area contributed by atoms with Crippen molar-refractivity contribution in [2.45, 2.75) is 12.0 Å². The molecule has 5 heteroatoms. The molecule has 1 amide bonds. The Morgan fingerprint density at radius 1 is 1.04 bits per heavy atom. The van der Waals surface area contributed by atoms with E-state index in [2.05, 4.69) is 0 Å². The fraction of sp³-hybridized carbons (Fsp3) is 0.316. The highest BCUT2D eigenvalue weighted by atomic mass is 16.5. The first-order valence-electron chi connectivity index (χ1n) is 7.88. The van der Waals surface area contributed by atoms with E-state index in [1.807, 2.05) is 35.3 Å². The molecule has 2 aliphatic heterocycles. The van der Waals surface area contributed by atoms with Crippen LogP contribution in [0.1, 0.15) is 11.1 Å². The lowest BCUT2D eigenvalue weighted by atomic mass is 9.75. The average molecular weight is 325 g/mol. The molecule has 2 heterocycles. The standard InChI is InChI=1S/C19H19NO4/c1-22-14-5-4-13-9-18(21)20-7-6-12-8-16(23-2)17(24-3)10-15(12)19(13,20)11-14/h4-5,8-11H,6-7H2,1-3H3/t19-/m0/s1. The van der Waals surface area contributed by atoms with Crippen LogP contribution < -0.4 is 9.47 Å². The van der Waals surface area contributed by atoms with E-state index in [0.29, 0.717) is 18.0 Å². The molecular formula is C19H19NO4. The smallest absolute Gasteiger partial charge is 0.248 e. The number of rotatable bonds is 3. The van der Waals surface area contributed by atoms with Crippen LogP contribution >= 0.6 is 0 Å². The van der Waals surface area contributed by atoms with Crippen LogP contribution in [0.25, 0.3) is 0 Å². The van der Waals surface area contributed by atoms with Crippen LogP contribution in [0.4, 0.5) is 0 Å². The molecule has 1 atom stereocenters. The second-order valence-electron chi connectivity index (χ2n) is 6.05. The average Bonchev–Trinajstić information content (AvgIpc) is 2.91. The van der Waals surface area contributed by atoms with Gasteiger partial charge in [0.15, 0.2) is 11.5 Å². The summed E-state index contributed by atoms with van der Waals surface area (Å²) in [7, 11) is 4.89. The second-order valence-corrected chi connectivity index (χ2v) is 6.05. The van der Waals surface area contributed by atoms with Crippen LogP contribution in [0.3, 0.4) is 0 Å². The molecule has 0 saturated heterocycles. The number of carbonyl (C=O) groups excluding carboxylic acids is 1. The number of nitrogens with zero attached hydrogens (tertiary/aromatic N) is 1. The van der Waals surface area contributed by atoms with Gasteiger partial charge in [0.25, 0.3) is 0 Å². The van der Waals surface area contributed by atoms with Gasteiger partial charge in [-0.2, -0.15) is 0 Å². The van der Waals surface area contributed by atoms with Gasteiger partial charge < -0.3 is 19.1 Å². The van der Waals surface area contributed by atoms with Gasteiger partial charge in [0, 0.05) is 12.6 Å². The predicted molar refractivity (Wildman–Crippen MR) is 89.0 cm³/mol. The highest BCUT2D eigenvalue weighted by Crippen LogP contribution is 2.51. The Bertz CT molecular complexity index is 821. The Kier molecular flexibility index (Phi) is 3.20. The van der Waals surface area contributed by atoms with Gasteiger partial charge in [0.05, 0.1) is 21.3 Å². The summed E-state index contributed by atoms with van der Waals surface area (Å²) in [5, 5.41) is 0. The van der Waals surface area contributed by atoms with Crippen LogP contribution in [0.5, 0.6) is 11.5 Å². The van der Waals surface area contributed by atoms with Gasteiger partial charge in [-0.05, 0) is 47.4 Å². The van der Waals surface area contributed by atoms with Crippen molar-refractivity contribution in [3.8, 4) is 11.5 Å². The monoisotopic (exact) mass is 325 g/mol. The summed E-state index contributed by atoms with van der Waals surface area (Å²) in [6, 6.07) is 4.00. The SMILES string of the molecule is COC1=C[C@@]23C(=CC(=O)N2CCc2cc(OC)c(OC)cc23)C=C1. The molecule has 0 unspecified atom stereocenters. The summed E-state index contributed by atoms with van der Waals surface area (Å²) >= 11 is 0. The third kappa shape index (κ3) is 1.78. The summed E-state index contributed by atoms with van der Waals surface area (Å²) in [6.45, 7) is 0.655. The van der Waals surface area contributed by atoms with Crippen molar-refractivity contribution in [1.82, 2.24) is 4.90 Å². The van der Waals surface area contributed by atoms with Crippen LogP contribution in [-0.4, -0.2) is 38.7 Å². The first kappa shape index (κ1) is 14.9. The Labute approximate surface area is 140 Å². The molecule has 124 valence electrons. The summed E-state index contributed by atoms with van der Waals surface area (Å²) in [5.74, 6) is 2.14. The lowest BCUT2D eigenvalue weighted by Crippen LogP contribution is -2.49. The van der Waals surface area contributed by atoms with Crippen molar-refractivity contribution in [1.29, 1.82) is 0 Å². The maximum Gasteiger partial charge on any atom is 0.248 e. The van der Waals surface area contributed by atoms with Gasteiger partial charge in [0.2, 0.25) is 5.91 Å². The molecule has 4 rings (SSSR count). The molecule has 5 nitrogen and oxygen atoms in total. The first-order chi connectivity index (χ1) is 11.6. The van der Waals surface area contributed by atoms with Gasteiger partial charge >= 0.3 is 0 Å². The lowest BCUT2D eigenvalue weighted by molar-refractivity contribution is -0.128. The minimum atomic E-state index is -0.621. The normalized spacial score (nSPS) is 23.8. The van der Waals surface area contributed by atoms with Crippen molar-refractivity contribution in [2.24, 2.45) is 0 Å². The van der Waals surface area contributed by atoms with Crippen LogP contribution in [0.15, 0.2) is 47.8 Å². The van der Waals surface area contributed by atoms with E-state index in [-0.39, 0.29) is 5.91 Å². The fourth-order valence-corrected chi connectivity index (χ4v) is 3.92. The minimum Gasteiger partial charge on any atom is -0.497 e. The molecule has 1 aromatic rings. The molecule has 24 heavy (non-hydrogen) atoms. The topological polar surface area (TPSA) is 48.0 Å². The van der Waals surface area contributed by atoms with Crippen molar-refractivity contribution >= 4 is 5.91 Å². The number of benzene rings is 1. The summed E-state index contributed by atoms with van der Waals surface area (Å²) in [5.41, 5.74) is 2.54. The third-order valence-corrected chi connectivity index (χ3v) is 5.05. The number of methoxy groups -OCH3 is 3. The molecule has 3 aliphatic rings. The first-order valence-corrected chi connectivity index (χ1v) is 7.88. The Morgan fingerprint density at radius 3 is 2.50 bits per heavy atom. The van der Waals surface area contributed by atoms with E-state index in [0.717, 1.165) is 28.9 Å². The zero-order valence-corrected chi connectivity index (χ0v) is 14.0. The van der Waals surface area contributed by atoms with E-state index < -0.39 is 5.54 Å². The number of ether oxygens (including phenoxy) is 3. The zero-order chi connectivity index (χ0) is 16.9. The summed E-state index contributed by atoms with van der Waals surface area (Å²) < 4.78 is 16.4. The second kappa shape index (κ2) is 5.16. The van der Waals surface area contributed by atoms with Crippen molar-refractivity contribution in [3.05, 3.63) is 58.9 Å². The quantitative estimate of drug-likeness (QED) is 0.856. The van der Waals surface area contributed by atoms with Gasteiger partial charge in [0.1, 0.15) is 11.3 Å². The van der Waals surface area contributed by atoms with Crippen LogP contribution in [0.2, 0.25) is 0 Å². The number of allylic oxidation sites excluding steroid dienone is 1. The zero-order valence-electron chi connectivity index (χ0n) is 14.0. The van der Waals surface area contributed by atoms with Gasteiger partial charge in [-0.25, -0.2) is 0 Å². The molecule has 0 fully saturated rings. The van der Waals surface area contributed by atoms with Crippen LogP contribution in [-0.2, 0) is 21.5 Å².